The van der Waals surface area contributed by atoms with E-state index in [1.165, 1.54) is 37.1 Å². The van der Waals surface area contributed by atoms with Crippen LogP contribution in [0, 0.1) is 5.82 Å². The van der Waals surface area contributed by atoms with Crippen LogP contribution in [0.3, 0.4) is 0 Å². The van der Waals surface area contributed by atoms with Gasteiger partial charge in [-0.2, -0.15) is 0 Å². The number of carbonyl (C=O) groups is 1. The lowest BCUT2D eigenvalue weighted by molar-refractivity contribution is 0.0940. The number of amides is 1. The highest BCUT2D eigenvalue weighted by Gasteiger charge is 2.18. The van der Waals surface area contributed by atoms with E-state index in [0.717, 1.165) is 13.1 Å². The zero-order chi connectivity index (χ0) is 13.0. The summed E-state index contributed by atoms with van der Waals surface area (Å²) in [6.07, 6.45) is 2.49. The zero-order valence-electron chi connectivity index (χ0n) is 10.7. The van der Waals surface area contributed by atoms with Crippen LogP contribution in [0.15, 0.2) is 24.3 Å². The van der Waals surface area contributed by atoms with E-state index in [9.17, 15) is 9.18 Å². The molecule has 4 heteroatoms. The largest absolute Gasteiger partial charge is 0.350 e. The second-order valence-electron chi connectivity index (χ2n) is 4.81. The minimum absolute atomic E-state index is 0.138. The molecule has 98 valence electrons. The van der Waals surface area contributed by atoms with Gasteiger partial charge >= 0.3 is 0 Å². The van der Waals surface area contributed by atoms with E-state index in [-0.39, 0.29) is 11.7 Å². The molecule has 1 atom stereocenters. The minimum Gasteiger partial charge on any atom is -0.350 e. The van der Waals surface area contributed by atoms with Crippen molar-refractivity contribution >= 4 is 5.91 Å². The molecule has 0 saturated carbocycles. The summed E-state index contributed by atoms with van der Waals surface area (Å²) in [6, 6.07) is 5.98. The lowest BCUT2D eigenvalue weighted by Gasteiger charge is -2.23. The van der Waals surface area contributed by atoms with Crippen molar-refractivity contribution < 1.29 is 9.18 Å². The van der Waals surface area contributed by atoms with Crippen molar-refractivity contribution in [2.75, 3.05) is 19.6 Å². The van der Waals surface area contributed by atoms with E-state index in [0.29, 0.717) is 18.2 Å². The molecule has 1 N–H and O–H groups in total. The molecule has 1 heterocycles. The quantitative estimate of drug-likeness (QED) is 0.887. The summed E-state index contributed by atoms with van der Waals surface area (Å²) < 4.78 is 12.7. The Morgan fingerprint density at radius 2 is 1.94 bits per heavy atom. The summed E-state index contributed by atoms with van der Waals surface area (Å²) in [7, 11) is 0. The predicted octanol–water partition coefficient (Wildman–Crippen LogP) is 2.04. The number of carbonyl (C=O) groups excluding carboxylic acids is 1. The number of rotatable bonds is 4. The SMILES string of the molecule is C[C@H](CNC(=O)c1ccc(F)cc1)N1CCCC1. The summed E-state index contributed by atoms with van der Waals surface area (Å²) in [5, 5.41) is 2.89. The first-order valence-corrected chi connectivity index (χ1v) is 6.44. The fraction of sp³-hybridized carbons (Fsp3) is 0.500. The van der Waals surface area contributed by atoms with Crippen LogP contribution >= 0.6 is 0 Å². The molecule has 0 unspecified atom stereocenters. The molecule has 1 aliphatic rings. The van der Waals surface area contributed by atoms with Gasteiger partial charge in [-0.1, -0.05) is 0 Å². The molecule has 2 rings (SSSR count). The maximum Gasteiger partial charge on any atom is 0.251 e. The third kappa shape index (κ3) is 3.29. The molecule has 3 nitrogen and oxygen atoms in total. The lowest BCUT2D eigenvalue weighted by Crippen LogP contribution is -2.40. The topological polar surface area (TPSA) is 32.3 Å². The Labute approximate surface area is 107 Å². The Hall–Kier alpha value is -1.42. The highest BCUT2D eigenvalue weighted by atomic mass is 19.1. The van der Waals surface area contributed by atoms with Gasteiger partial charge in [0.15, 0.2) is 0 Å². The summed E-state index contributed by atoms with van der Waals surface area (Å²) in [6.45, 7) is 4.99. The molecule has 0 aromatic heterocycles. The van der Waals surface area contributed by atoms with Gasteiger partial charge in [-0.15, -0.1) is 0 Å². The molecule has 0 bridgehead atoms. The molecule has 0 aliphatic carbocycles. The number of nitrogens with one attached hydrogen (secondary N) is 1. The van der Waals surface area contributed by atoms with Gasteiger partial charge in [0.05, 0.1) is 0 Å². The highest BCUT2D eigenvalue weighted by molar-refractivity contribution is 5.94. The van der Waals surface area contributed by atoms with Crippen LogP contribution in [0.2, 0.25) is 0 Å². The molecule has 1 fully saturated rings. The van der Waals surface area contributed by atoms with Gasteiger partial charge in [-0.3, -0.25) is 9.69 Å². The molecule has 0 spiro atoms. The van der Waals surface area contributed by atoms with E-state index in [1.54, 1.807) is 0 Å². The number of benzene rings is 1. The maximum absolute atomic E-state index is 12.7. The van der Waals surface area contributed by atoms with Crippen LogP contribution in [0.4, 0.5) is 4.39 Å². The molecule has 18 heavy (non-hydrogen) atoms. The van der Waals surface area contributed by atoms with E-state index in [1.807, 2.05) is 0 Å². The van der Waals surface area contributed by atoms with Gasteiger partial charge < -0.3 is 5.32 Å². The smallest absolute Gasteiger partial charge is 0.251 e. The van der Waals surface area contributed by atoms with Gasteiger partial charge in [0.2, 0.25) is 0 Å². The van der Waals surface area contributed by atoms with Gasteiger partial charge in [0.1, 0.15) is 5.82 Å². The van der Waals surface area contributed by atoms with Crippen LogP contribution in [-0.2, 0) is 0 Å². The van der Waals surface area contributed by atoms with Crippen molar-refractivity contribution in [1.82, 2.24) is 10.2 Å². The molecule has 1 aliphatic heterocycles. The summed E-state index contributed by atoms with van der Waals surface area (Å²) in [5.41, 5.74) is 0.505. The van der Waals surface area contributed by atoms with Crippen LogP contribution in [0.5, 0.6) is 0 Å². The van der Waals surface area contributed by atoms with E-state index in [2.05, 4.69) is 17.1 Å². The molecule has 0 radical (unpaired) electrons. The van der Waals surface area contributed by atoms with Gasteiger partial charge in [-0.25, -0.2) is 4.39 Å². The van der Waals surface area contributed by atoms with Crippen LogP contribution < -0.4 is 5.32 Å². The molecular weight excluding hydrogens is 231 g/mol. The Kier molecular flexibility index (Phi) is 4.31. The van der Waals surface area contributed by atoms with Crippen molar-refractivity contribution in [3.05, 3.63) is 35.6 Å². The van der Waals surface area contributed by atoms with E-state index < -0.39 is 0 Å². The Balaban J connectivity index is 1.82. The second-order valence-corrected chi connectivity index (χ2v) is 4.81. The average Bonchev–Trinajstić information content (AvgIpc) is 2.90. The lowest BCUT2D eigenvalue weighted by atomic mass is 10.2. The Morgan fingerprint density at radius 1 is 1.33 bits per heavy atom. The minimum atomic E-state index is -0.322. The fourth-order valence-electron chi connectivity index (χ4n) is 2.26. The second kappa shape index (κ2) is 5.96. The summed E-state index contributed by atoms with van der Waals surface area (Å²) in [5.74, 6) is -0.460. The molecule has 1 aromatic rings. The molecule has 1 amide bonds. The molecule has 1 aromatic carbocycles. The zero-order valence-corrected chi connectivity index (χ0v) is 10.7. The first kappa shape index (κ1) is 13.0. The number of halogens is 1. The number of hydrogen-bond donors (Lipinski definition) is 1. The van der Waals surface area contributed by atoms with Crippen molar-refractivity contribution in [1.29, 1.82) is 0 Å². The third-order valence-corrected chi connectivity index (χ3v) is 3.43. The first-order valence-electron chi connectivity index (χ1n) is 6.44. The van der Waals surface area contributed by atoms with Crippen LogP contribution in [0.25, 0.3) is 0 Å². The van der Waals surface area contributed by atoms with Crippen molar-refractivity contribution in [2.45, 2.75) is 25.8 Å². The normalized spacial score (nSPS) is 17.7. The van der Waals surface area contributed by atoms with Crippen molar-refractivity contribution in [3.63, 3.8) is 0 Å². The average molecular weight is 250 g/mol. The Bertz CT molecular complexity index is 399. The van der Waals surface area contributed by atoms with Crippen molar-refractivity contribution in [3.8, 4) is 0 Å². The van der Waals surface area contributed by atoms with Crippen LogP contribution in [-0.4, -0.2) is 36.5 Å². The number of hydrogen-bond acceptors (Lipinski definition) is 2. The standard InChI is InChI=1S/C14H19FN2O/c1-11(17-8-2-3-9-17)10-16-14(18)12-4-6-13(15)7-5-12/h4-7,11H,2-3,8-10H2,1H3,(H,16,18)/t11-/m1/s1. The van der Waals surface area contributed by atoms with Crippen LogP contribution in [0.1, 0.15) is 30.1 Å². The Morgan fingerprint density at radius 3 is 2.56 bits per heavy atom. The summed E-state index contributed by atoms with van der Waals surface area (Å²) >= 11 is 0. The van der Waals surface area contributed by atoms with Gasteiger partial charge in [-0.05, 0) is 57.1 Å². The first-order chi connectivity index (χ1) is 8.66. The van der Waals surface area contributed by atoms with E-state index in [4.69, 9.17) is 0 Å². The number of likely N-dealkylation sites (tertiary alicyclic amines) is 1. The molecular formula is C14H19FN2O. The molecule has 1 saturated heterocycles. The maximum atomic E-state index is 12.7. The number of nitrogens with zero attached hydrogens (tertiary/aromatic N) is 1. The fourth-order valence-corrected chi connectivity index (χ4v) is 2.26. The highest BCUT2D eigenvalue weighted by Crippen LogP contribution is 2.11. The predicted molar refractivity (Wildman–Crippen MR) is 69.0 cm³/mol. The van der Waals surface area contributed by atoms with Gasteiger partial charge in [0, 0.05) is 18.2 Å². The van der Waals surface area contributed by atoms with Crippen molar-refractivity contribution in [2.24, 2.45) is 0 Å². The van der Waals surface area contributed by atoms with E-state index >= 15 is 0 Å². The monoisotopic (exact) mass is 250 g/mol. The summed E-state index contributed by atoms with van der Waals surface area (Å²) in [4.78, 5) is 14.2. The van der Waals surface area contributed by atoms with Gasteiger partial charge in [0.25, 0.3) is 5.91 Å². The third-order valence-electron chi connectivity index (χ3n) is 3.43.